The Morgan fingerprint density at radius 3 is 2.52 bits per heavy atom. The molecule has 0 aliphatic heterocycles. The predicted molar refractivity (Wildman–Crippen MR) is 91.3 cm³/mol. The Kier molecular flexibility index (Phi) is 4.98. The third-order valence-electron chi connectivity index (χ3n) is 3.91. The highest BCUT2D eigenvalue weighted by molar-refractivity contribution is 7.92. The van der Waals surface area contributed by atoms with E-state index in [4.69, 9.17) is 5.11 Å². The van der Waals surface area contributed by atoms with Crippen LogP contribution in [0.5, 0.6) is 0 Å². The lowest BCUT2D eigenvalue weighted by molar-refractivity contribution is -0.123. The smallest absolute Gasteiger partial charge is 0.356 e. The molecule has 8 nitrogen and oxygen atoms in total. The molecule has 0 atom stereocenters. The zero-order valence-corrected chi connectivity index (χ0v) is 14.9. The van der Waals surface area contributed by atoms with Gasteiger partial charge in [0.15, 0.2) is 15.5 Å². The fourth-order valence-corrected chi connectivity index (χ4v) is 2.36. The summed E-state index contributed by atoms with van der Waals surface area (Å²) in [4.78, 5) is 23.0. The van der Waals surface area contributed by atoms with Crippen LogP contribution in [0.1, 0.15) is 29.9 Å². The van der Waals surface area contributed by atoms with E-state index in [0.717, 1.165) is 11.8 Å². The number of benzene rings is 1. The monoisotopic (exact) mass is 365 g/mol. The van der Waals surface area contributed by atoms with Gasteiger partial charge in [0.05, 0.1) is 5.69 Å². The Labute approximate surface area is 145 Å². The van der Waals surface area contributed by atoms with Crippen molar-refractivity contribution in [3.63, 3.8) is 0 Å². The first-order chi connectivity index (χ1) is 11.5. The number of carboxylic acid groups (broad SMARTS) is 1. The van der Waals surface area contributed by atoms with E-state index in [1.807, 2.05) is 0 Å². The van der Waals surface area contributed by atoms with Crippen LogP contribution >= 0.6 is 0 Å². The summed E-state index contributed by atoms with van der Waals surface area (Å²) >= 11 is 0. The Morgan fingerprint density at radius 1 is 1.28 bits per heavy atom. The molecule has 0 aliphatic carbocycles. The van der Waals surface area contributed by atoms with Gasteiger partial charge in [-0.1, -0.05) is 12.1 Å². The second-order valence-electron chi connectivity index (χ2n) is 6.09. The first-order valence-corrected chi connectivity index (χ1v) is 9.27. The second kappa shape index (κ2) is 6.67. The molecular weight excluding hydrogens is 346 g/mol. The summed E-state index contributed by atoms with van der Waals surface area (Å²) in [5.74, 6) is -1.71. The van der Waals surface area contributed by atoms with Crippen molar-refractivity contribution in [2.45, 2.75) is 25.1 Å². The molecule has 0 radical (unpaired) electrons. The van der Waals surface area contributed by atoms with E-state index in [9.17, 15) is 18.0 Å². The summed E-state index contributed by atoms with van der Waals surface area (Å²) in [6.07, 6.45) is 2.54. The van der Waals surface area contributed by atoms with Gasteiger partial charge in [0.2, 0.25) is 5.91 Å². The molecule has 1 aromatic heterocycles. The summed E-state index contributed by atoms with van der Waals surface area (Å²) in [7, 11) is -3.54. The van der Waals surface area contributed by atoms with Crippen LogP contribution in [0.15, 0.2) is 36.5 Å². The third-order valence-corrected chi connectivity index (χ3v) is 5.95. The van der Waals surface area contributed by atoms with Gasteiger partial charge in [-0.25, -0.2) is 17.9 Å². The molecule has 0 saturated heterocycles. The van der Waals surface area contributed by atoms with Gasteiger partial charge in [-0.3, -0.25) is 4.79 Å². The van der Waals surface area contributed by atoms with Gasteiger partial charge in [-0.05, 0) is 37.6 Å². The molecule has 0 saturated carbocycles. The Hall–Kier alpha value is -2.68. The molecule has 0 unspecified atom stereocenters. The van der Waals surface area contributed by atoms with Crippen molar-refractivity contribution in [3.05, 3.63) is 47.8 Å². The minimum atomic E-state index is -3.54. The summed E-state index contributed by atoms with van der Waals surface area (Å²) < 4.78 is 23.3. The van der Waals surface area contributed by atoms with Crippen molar-refractivity contribution in [2.24, 2.45) is 0 Å². The average molecular weight is 365 g/mol. The van der Waals surface area contributed by atoms with Gasteiger partial charge in [-0.2, -0.15) is 5.10 Å². The van der Waals surface area contributed by atoms with Crippen LogP contribution in [-0.4, -0.2) is 46.2 Å². The molecular formula is C16H19N3O5S. The largest absolute Gasteiger partial charge is 0.476 e. The molecule has 0 fully saturated rings. The molecule has 25 heavy (non-hydrogen) atoms. The van der Waals surface area contributed by atoms with Gasteiger partial charge in [-0.15, -0.1) is 0 Å². The van der Waals surface area contributed by atoms with E-state index >= 15 is 0 Å². The number of aromatic carboxylic acids is 1. The number of aromatic nitrogens is 2. The summed E-state index contributed by atoms with van der Waals surface area (Å²) in [6, 6.07) is 8.35. The molecule has 0 aliphatic rings. The zero-order valence-electron chi connectivity index (χ0n) is 14.1. The van der Waals surface area contributed by atoms with E-state index in [1.54, 1.807) is 24.3 Å². The lowest BCUT2D eigenvalue weighted by atomic mass is 10.1. The van der Waals surface area contributed by atoms with Crippen LogP contribution in [0.4, 0.5) is 0 Å². The van der Waals surface area contributed by atoms with E-state index in [-0.39, 0.29) is 12.2 Å². The van der Waals surface area contributed by atoms with Gasteiger partial charge in [0.1, 0.15) is 4.75 Å². The number of amides is 1. The van der Waals surface area contributed by atoms with Crippen molar-refractivity contribution < 1.29 is 23.1 Å². The minimum Gasteiger partial charge on any atom is -0.476 e. The second-order valence-corrected chi connectivity index (χ2v) is 8.65. The van der Waals surface area contributed by atoms with Crippen LogP contribution in [0.25, 0.3) is 5.69 Å². The zero-order chi connectivity index (χ0) is 18.8. The van der Waals surface area contributed by atoms with Gasteiger partial charge < -0.3 is 10.4 Å². The maximum absolute atomic E-state index is 12.1. The Balaban J connectivity index is 2.14. The number of rotatable bonds is 6. The number of carbonyl (C=O) groups is 2. The number of nitrogens with zero attached hydrogens (tertiary/aromatic N) is 2. The summed E-state index contributed by atoms with van der Waals surface area (Å²) in [6.45, 7) is 2.84. The van der Waals surface area contributed by atoms with E-state index in [1.165, 1.54) is 30.8 Å². The highest BCUT2D eigenvalue weighted by Gasteiger charge is 2.38. The van der Waals surface area contributed by atoms with Crippen molar-refractivity contribution in [1.82, 2.24) is 15.1 Å². The Morgan fingerprint density at radius 2 is 1.96 bits per heavy atom. The Bertz CT molecular complexity index is 915. The number of sulfone groups is 1. The van der Waals surface area contributed by atoms with Crippen LogP contribution in [-0.2, 0) is 21.2 Å². The quantitative estimate of drug-likeness (QED) is 0.789. The first-order valence-electron chi connectivity index (χ1n) is 7.38. The van der Waals surface area contributed by atoms with Crippen LogP contribution in [0.3, 0.4) is 0 Å². The average Bonchev–Trinajstić information content (AvgIpc) is 3.02. The number of hydrogen-bond donors (Lipinski definition) is 2. The van der Waals surface area contributed by atoms with Crippen LogP contribution < -0.4 is 5.32 Å². The normalized spacial score (nSPS) is 12.0. The number of nitrogens with one attached hydrogen (secondary N) is 1. The number of hydrogen-bond acceptors (Lipinski definition) is 5. The minimum absolute atomic E-state index is 0.0754. The highest BCUT2D eigenvalue weighted by Crippen LogP contribution is 2.16. The fraction of sp³-hybridized carbons (Fsp3) is 0.312. The highest BCUT2D eigenvalue weighted by atomic mass is 32.2. The van der Waals surface area contributed by atoms with E-state index < -0.39 is 26.5 Å². The lowest BCUT2D eigenvalue weighted by Crippen LogP contribution is -2.47. The molecule has 1 aromatic carbocycles. The lowest BCUT2D eigenvalue weighted by Gasteiger charge is -2.21. The van der Waals surface area contributed by atoms with Crippen molar-refractivity contribution in [1.29, 1.82) is 0 Å². The topological polar surface area (TPSA) is 118 Å². The number of carbonyl (C=O) groups excluding carboxylic acids is 1. The maximum atomic E-state index is 12.1. The van der Waals surface area contributed by atoms with Crippen LogP contribution in [0.2, 0.25) is 0 Å². The SMILES string of the molecule is CC(C)(C(=O)NCc1cccc(-n2ccc(C(=O)O)n2)c1)S(C)(=O)=O. The molecule has 134 valence electrons. The van der Waals surface area contributed by atoms with E-state index in [2.05, 4.69) is 10.4 Å². The molecule has 2 N–H and O–H groups in total. The number of carboxylic acids is 1. The van der Waals surface area contributed by atoms with Gasteiger partial charge >= 0.3 is 5.97 Å². The van der Waals surface area contributed by atoms with Gasteiger partial charge in [0, 0.05) is 19.0 Å². The summed E-state index contributed by atoms with van der Waals surface area (Å²) in [5.41, 5.74) is 1.28. The molecule has 0 bridgehead atoms. The van der Waals surface area contributed by atoms with E-state index in [0.29, 0.717) is 5.69 Å². The molecule has 9 heteroatoms. The summed E-state index contributed by atoms with van der Waals surface area (Å²) in [5, 5.41) is 15.5. The maximum Gasteiger partial charge on any atom is 0.356 e. The van der Waals surface area contributed by atoms with Crippen LogP contribution in [0, 0.1) is 0 Å². The standard InChI is InChI=1S/C16H19N3O5S/c1-16(2,25(3,23)24)15(22)17-10-11-5-4-6-12(9-11)19-8-7-13(18-19)14(20)21/h4-9H,10H2,1-3H3,(H,17,22)(H,20,21). The molecule has 2 rings (SSSR count). The van der Waals surface area contributed by atoms with Crippen molar-refractivity contribution >= 4 is 21.7 Å². The molecule has 1 amide bonds. The first kappa shape index (κ1) is 18.7. The molecule has 1 heterocycles. The predicted octanol–water partition coefficient (Wildman–Crippen LogP) is 1.01. The fourth-order valence-electron chi connectivity index (χ4n) is 1.95. The van der Waals surface area contributed by atoms with Gasteiger partial charge in [0.25, 0.3) is 0 Å². The van der Waals surface area contributed by atoms with Crippen molar-refractivity contribution in [3.8, 4) is 5.69 Å². The molecule has 0 spiro atoms. The molecule has 2 aromatic rings. The van der Waals surface area contributed by atoms with Crippen molar-refractivity contribution in [2.75, 3.05) is 6.26 Å². The third kappa shape index (κ3) is 4.05.